The average Bonchev–Trinajstić information content (AvgIpc) is 2.73. The SMILES string of the molecule is CN(C)c1nc(-c2ccccc2)c(CC(=O)[O-])s1. The van der Waals surface area contributed by atoms with Crippen LogP contribution in [0.15, 0.2) is 30.3 Å². The third kappa shape index (κ3) is 2.68. The summed E-state index contributed by atoms with van der Waals surface area (Å²) in [5.74, 6) is -1.08. The number of aromatic nitrogens is 1. The Labute approximate surface area is 110 Å². The molecule has 0 aliphatic carbocycles. The number of thiazole rings is 1. The van der Waals surface area contributed by atoms with Crippen molar-refractivity contribution in [3.63, 3.8) is 0 Å². The van der Waals surface area contributed by atoms with Gasteiger partial charge in [0.2, 0.25) is 0 Å². The molecule has 0 saturated carbocycles. The summed E-state index contributed by atoms with van der Waals surface area (Å²) < 4.78 is 0. The third-order valence-corrected chi connectivity index (χ3v) is 3.64. The molecule has 0 fully saturated rings. The molecule has 0 spiro atoms. The smallest absolute Gasteiger partial charge is 0.185 e. The quantitative estimate of drug-likeness (QED) is 0.829. The first-order valence-corrected chi connectivity index (χ1v) is 6.32. The van der Waals surface area contributed by atoms with Gasteiger partial charge in [0, 0.05) is 36.9 Å². The van der Waals surface area contributed by atoms with Crippen LogP contribution in [0.3, 0.4) is 0 Å². The van der Waals surface area contributed by atoms with Crippen LogP contribution in [0.5, 0.6) is 0 Å². The van der Waals surface area contributed by atoms with E-state index in [4.69, 9.17) is 0 Å². The second kappa shape index (κ2) is 5.18. The van der Waals surface area contributed by atoms with Crippen molar-refractivity contribution in [3.05, 3.63) is 35.2 Å². The molecule has 0 N–H and O–H groups in total. The molecule has 0 atom stereocenters. The Morgan fingerprint density at radius 1 is 1.33 bits per heavy atom. The van der Waals surface area contributed by atoms with Gasteiger partial charge in [0.25, 0.3) is 0 Å². The molecule has 2 rings (SSSR count). The molecule has 0 amide bonds. The standard InChI is InChI=1S/C13H14N2O2S/c1-15(2)13-14-12(9-6-4-3-5-7-9)10(18-13)8-11(16)17/h3-7H,8H2,1-2H3,(H,16,17)/p-1. The number of hydrogen-bond donors (Lipinski definition) is 0. The minimum Gasteiger partial charge on any atom is -0.550 e. The van der Waals surface area contributed by atoms with Gasteiger partial charge >= 0.3 is 0 Å². The van der Waals surface area contributed by atoms with Crippen molar-refractivity contribution in [2.75, 3.05) is 19.0 Å². The van der Waals surface area contributed by atoms with Crippen LogP contribution in [-0.4, -0.2) is 25.0 Å². The molecule has 94 valence electrons. The number of carbonyl (C=O) groups excluding carboxylic acids is 1. The van der Waals surface area contributed by atoms with Crippen LogP contribution >= 0.6 is 11.3 Å². The Morgan fingerprint density at radius 2 is 2.00 bits per heavy atom. The van der Waals surface area contributed by atoms with Crippen molar-refractivity contribution in [1.29, 1.82) is 0 Å². The molecule has 0 saturated heterocycles. The molecule has 1 aromatic carbocycles. The van der Waals surface area contributed by atoms with Crippen molar-refractivity contribution in [2.45, 2.75) is 6.42 Å². The van der Waals surface area contributed by atoms with Crippen molar-refractivity contribution in [3.8, 4) is 11.3 Å². The van der Waals surface area contributed by atoms with Crippen molar-refractivity contribution >= 4 is 22.4 Å². The number of hydrogen-bond acceptors (Lipinski definition) is 5. The molecule has 0 aliphatic rings. The monoisotopic (exact) mass is 261 g/mol. The summed E-state index contributed by atoms with van der Waals surface area (Å²) in [5.41, 5.74) is 1.66. The fourth-order valence-electron chi connectivity index (χ4n) is 1.60. The van der Waals surface area contributed by atoms with Gasteiger partial charge in [-0.2, -0.15) is 0 Å². The first kappa shape index (κ1) is 12.6. The van der Waals surface area contributed by atoms with E-state index in [0.717, 1.165) is 21.3 Å². The number of aliphatic carboxylic acids is 1. The van der Waals surface area contributed by atoms with Crippen LogP contribution in [-0.2, 0) is 11.2 Å². The number of nitrogens with zero attached hydrogens (tertiary/aromatic N) is 2. The minimum absolute atomic E-state index is 0.101. The Balaban J connectivity index is 2.47. The van der Waals surface area contributed by atoms with E-state index in [9.17, 15) is 9.90 Å². The van der Waals surface area contributed by atoms with Crippen LogP contribution in [0.4, 0.5) is 5.13 Å². The van der Waals surface area contributed by atoms with Crippen LogP contribution in [0.2, 0.25) is 0 Å². The van der Waals surface area contributed by atoms with E-state index >= 15 is 0 Å². The highest BCUT2D eigenvalue weighted by Gasteiger charge is 2.14. The van der Waals surface area contributed by atoms with Gasteiger partial charge in [0.05, 0.1) is 5.69 Å². The fourth-order valence-corrected chi connectivity index (χ4v) is 2.59. The Bertz CT molecular complexity index is 549. The summed E-state index contributed by atoms with van der Waals surface area (Å²) >= 11 is 1.38. The average molecular weight is 261 g/mol. The van der Waals surface area contributed by atoms with Gasteiger partial charge in [-0.05, 0) is 0 Å². The number of carboxylic acid groups (broad SMARTS) is 1. The zero-order valence-electron chi connectivity index (χ0n) is 10.2. The number of anilines is 1. The van der Waals surface area contributed by atoms with Crippen molar-refractivity contribution < 1.29 is 9.90 Å². The highest BCUT2D eigenvalue weighted by Crippen LogP contribution is 2.32. The molecule has 0 bridgehead atoms. The van der Waals surface area contributed by atoms with Crippen molar-refractivity contribution in [1.82, 2.24) is 4.98 Å². The van der Waals surface area contributed by atoms with E-state index in [1.165, 1.54) is 11.3 Å². The zero-order chi connectivity index (χ0) is 13.1. The maximum Gasteiger partial charge on any atom is 0.185 e. The highest BCUT2D eigenvalue weighted by molar-refractivity contribution is 7.16. The molecule has 1 aromatic heterocycles. The Morgan fingerprint density at radius 3 is 2.56 bits per heavy atom. The predicted molar refractivity (Wildman–Crippen MR) is 70.6 cm³/mol. The van der Waals surface area contributed by atoms with E-state index in [1.807, 2.05) is 49.3 Å². The molecule has 0 aliphatic heterocycles. The van der Waals surface area contributed by atoms with E-state index in [0.29, 0.717) is 0 Å². The second-order valence-electron chi connectivity index (χ2n) is 4.08. The Hall–Kier alpha value is -1.88. The molecular formula is C13H13N2O2S-. The van der Waals surface area contributed by atoms with E-state index < -0.39 is 5.97 Å². The normalized spacial score (nSPS) is 10.3. The summed E-state index contributed by atoms with van der Waals surface area (Å²) in [7, 11) is 3.77. The van der Waals surface area contributed by atoms with Gasteiger partial charge < -0.3 is 14.8 Å². The van der Waals surface area contributed by atoms with Gasteiger partial charge in [-0.1, -0.05) is 30.3 Å². The summed E-state index contributed by atoms with van der Waals surface area (Å²) in [6.07, 6.45) is -0.101. The maximum absolute atomic E-state index is 10.8. The van der Waals surface area contributed by atoms with Gasteiger partial charge in [-0.25, -0.2) is 4.98 Å². The van der Waals surface area contributed by atoms with E-state index in [2.05, 4.69) is 4.98 Å². The molecule has 0 radical (unpaired) electrons. The lowest BCUT2D eigenvalue weighted by Gasteiger charge is -2.05. The summed E-state index contributed by atoms with van der Waals surface area (Å²) in [5, 5.41) is 11.6. The van der Waals surface area contributed by atoms with Gasteiger partial charge in [-0.15, -0.1) is 11.3 Å². The van der Waals surface area contributed by atoms with E-state index in [1.54, 1.807) is 0 Å². The topological polar surface area (TPSA) is 56.3 Å². The van der Waals surface area contributed by atoms with Crippen molar-refractivity contribution in [2.24, 2.45) is 0 Å². The molecule has 5 heteroatoms. The molecular weight excluding hydrogens is 248 g/mol. The lowest BCUT2D eigenvalue weighted by Crippen LogP contribution is -2.24. The largest absolute Gasteiger partial charge is 0.550 e. The number of benzene rings is 1. The number of rotatable bonds is 4. The lowest BCUT2D eigenvalue weighted by molar-refractivity contribution is -0.304. The predicted octanol–water partition coefficient (Wildman–Crippen LogP) is 1.17. The fraction of sp³-hybridized carbons (Fsp3) is 0.231. The lowest BCUT2D eigenvalue weighted by atomic mass is 10.1. The van der Waals surface area contributed by atoms with E-state index in [-0.39, 0.29) is 6.42 Å². The Kier molecular flexibility index (Phi) is 3.62. The maximum atomic E-state index is 10.8. The van der Waals surface area contributed by atoms with Crippen LogP contribution in [0.1, 0.15) is 4.88 Å². The minimum atomic E-state index is -1.08. The van der Waals surface area contributed by atoms with Crippen LogP contribution < -0.4 is 10.0 Å². The van der Waals surface area contributed by atoms with Gasteiger partial charge in [-0.3, -0.25) is 0 Å². The first-order chi connectivity index (χ1) is 8.58. The third-order valence-electron chi connectivity index (χ3n) is 2.42. The molecule has 4 nitrogen and oxygen atoms in total. The molecule has 0 unspecified atom stereocenters. The van der Waals surface area contributed by atoms with Gasteiger partial charge in [0.15, 0.2) is 5.13 Å². The summed E-state index contributed by atoms with van der Waals surface area (Å²) in [4.78, 5) is 17.9. The van der Waals surface area contributed by atoms with Crippen LogP contribution in [0, 0.1) is 0 Å². The van der Waals surface area contributed by atoms with Gasteiger partial charge in [0.1, 0.15) is 0 Å². The summed E-state index contributed by atoms with van der Waals surface area (Å²) in [6, 6.07) is 9.58. The summed E-state index contributed by atoms with van der Waals surface area (Å²) in [6.45, 7) is 0. The first-order valence-electron chi connectivity index (χ1n) is 5.50. The molecule has 18 heavy (non-hydrogen) atoms. The highest BCUT2D eigenvalue weighted by atomic mass is 32.1. The molecule has 1 heterocycles. The zero-order valence-corrected chi connectivity index (χ0v) is 11.0. The molecule has 2 aromatic rings. The number of carboxylic acids is 1. The van der Waals surface area contributed by atoms with Crippen LogP contribution in [0.25, 0.3) is 11.3 Å². The number of carbonyl (C=O) groups is 1. The second-order valence-corrected chi connectivity index (χ2v) is 5.14.